The molecule has 0 aliphatic rings. The summed E-state index contributed by atoms with van der Waals surface area (Å²) in [5.41, 5.74) is 3.50. The van der Waals surface area contributed by atoms with E-state index in [0.717, 1.165) is 22.3 Å². The Morgan fingerprint density at radius 3 is 2.24 bits per heavy atom. The molecule has 1 atom stereocenters. The summed E-state index contributed by atoms with van der Waals surface area (Å²) in [6, 6.07) is 17.7. The van der Waals surface area contributed by atoms with E-state index in [-0.39, 0.29) is 0 Å². The van der Waals surface area contributed by atoms with Crippen LogP contribution in [0.4, 0.5) is 5.82 Å². The van der Waals surface area contributed by atoms with Gasteiger partial charge in [0.1, 0.15) is 5.69 Å². The third-order valence-corrected chi connectivity index (χ3v) is 3.18. The molecule has 0 fully saturated rings. The van der Waals surface area contributed by atoms with Crippen molar-refractivity contribution in [2.24, 2.45) is 0 Å². The second kappa shape index (κ2) is 5.89. The van der Waals surface area contributed by atoms with Crippen LogP contribution in [0.2, 0.25) is 0 Å². The normalized spacial score (nSPS) is 12.3. The zero-order chi connectivity index (χ0) is 14.7. The van der Waals surface area contributed by atoms with E-state index >= 15 is 0 Å². The molecule has 0 amide bonds. The predicted octanol–water partition coefficient (Wildman–Crippen LogP) is 3.09. The topological polar surface area (TPSA) is 58.0 Å². The molecular weight excluding hydrogens is 262 g/mol. The van der Waals surface area contributed by atoms with Crippen molar-refractivity contribution >= 4 is 16.9 Å². The quantitative estimate of drug-likeness (QED) is 0.770. The highest BCUT2D eigenvalue weighted by Crippen LogP contribution is 2.26. The summed E-state index contributed by atoms with van der Waals surface area (Å²) in [6.45, 7) is 2.18. The fourth-order valence-corrected chi connectivity index (χ4v) is 2.16. The lowest BCUT2D eigenvalue weighted by atomic mass is 10.1. The van der Waals surface area contributed by atoms with Crippen molar-refractivity contribution < 1.29 is 5.11 Å². The lowest BCUT2D eigenvalue weighted by Crippen LogP contribution is -2.17. The first kappa shape index (κ1) is 13.5. The maximum atomic E-state index is 9.48. The van der Waals surface area contributed by atoms with Crippen LogP contribution in [0.25, 0.3) is 22.3 Å². The largest absolute Gasteiger partial charge is 0.392 e. The van der Waals surface area contributed by atoms with Crippen LogP contribution in [0, 0.1) is 0 Å². The Hall–Kier alpha value is -2.46. The molecule has 1 heterocycles. The summed E-state index contributed by atoms with van der Waals surface area (Å²) >= 11 is 0. The van der Waals surface area contributed by atoms with Crippen molar-refractivity contribution in [1.29, 1.82) is 0 Å². The molecule has 0 bridgehead atoms. The number of fused-ring (bicyclic) bond motifs is 1. The lowest BCUT2D eigenvalue weighted by molar-refractivity contribution is 0.208. The molecule has 0 saturated carbocycles. The number of hydrogen-bond donors (Lipinski definition) is 2. The van der Waals surface area contributed by atoms with Gasteiger partial charge in [-0.2, -0.15) is 0 Å². The molecule has 0 aliphatic heterocycles. The van der Waals surface area contributed by atoms with Crippen molar-refractivity contribution in [1.82, 2.24) is 9.97 Å². The number of nitrogens with zero attached hydrogens (tertiary/aromatic N) is 2. The number of hydrogen-bond acceptors (Lipinski definition) is 4. The Kier molecular flexibility index (Phi) is 3.79. The Bertz CT molecular complexity index is 741. The first-order valence-corrected chi connectivity index (χ1v) is 6.98. The summed E-state index contributed by atoms with van der Waals surface area (Å²) in [4.78, 5) is 9.36. The first-order valence-electron chi connectivity index (χ1n) is 6.98. The molecule has 0 spiro atoms. The van der Waals surface area contributed by atoms with Crippen molar-refractivity contribution in [2.75, 3.05) is 11.9 Å². The second-order valence-corrected chi connectivity index (χ2v) is 5.01. The highest BCUT2D eigenvalue weighted by molar-refractivity contribution is 5.83. The van der Waals surface area contributed by atoms with Crippen LogP contribution in [0.3, 0.4) is 0 Å². The molecule has 2 aromatic carbocycles. The Morgan fingerprint density at radius 1 is 0.952 bits per heavy atom. The van der Waals surface area contributed by atoms with Crippen LogP contribution < -0.4 is 5.32 Å². The van der Waals surface area contributed by atoms with Gasteiger partial charge in [-0.25, -0.2) is 9.97 Å². The van der Waals surface area contributed by atoms with E-state index in [1.165, 1.54) is 0 Å². The van der Waals surface area contributed by atoms with Crippen LogP contribution in [0.5, 0.6) is 0 Å². The summed E-state index contributed by atoms with van der Waals surface area (Å²) in [7, 11) is 0. The van der Waals surface area contributed by atoms with Gasteiger partial charge in [0.25, 0.3) is 0 Å². The summed E-state index contributed by atoms with van der Waals surface area (Å²) in [5, 5.41) is 12.7. The monoisotopic (exact) mass is 279 g/mol. The molecule has 4 heteroatoms. The molecule has 2 N–H and O–H groups in total. The summed E-state index contributed by atoms with van der Waals surface area (Å²) in [5.74, 6) is 0.695. The number of aliphatic hydroxyl groups excluding tert-OH is 1. The van der Waals surface area contributed by atoms with Gasteiger partial charge in [0.05, 0.1) is 17.1 Å². The van der Waals surface area contributed by atoms with Gasteiger partial charge < -0.3 is 10.4 Å². The second-order valence-electron chi connectivity index (χ2n) is 5.01. The lowest BCUT2D eigenvalue weighted by Gasteiger charge is -2.13. The van der Waals surface area contributed by atoms with Crippen LogP contribution in [-0.4, -0.2) is 27.7 Å². The molecular formula is C17H17N3O. The minimum Gasteiger partial charge on any atom is -0.392 e. The van der Waals surface area contributed by atoms with E-state index in [9.17, 15) is 5.11 Å². The number of rotatable bonds is 4. The van der Waals surface area contributed by atoms with E-state index in [1.54, 1.807) is 6.92 Å². The SMILES string of the molecule is C[C@H](O)CNc1nc2ccccc2nc1-c1ccccc1. The molecule has 0 aliphatic carbocycles. The molecule has 0 radical (unpaired) electrons. The van der Waals surface area contributed by atoms with Crippen LogP contribution >= 0.6 is 0 Å². The molecule has 21 heavy (non-hydrogen) atoms. The van der Waals surface area contributed by atoms with E-state index in [4.69, 9.17) is 4.98 Å². The maximum Gasteiger partial charge on any atom is 0.153 e. The predicted molar refractivity (Wildman–Crippen MR) is 85.1 cm³/mol. The number of aliphatic hydroxyl groups is 1. The fraction of sp³-hybridized carbons (Fsp3) is 0.176. The highest BCUT2D eigenvalue weighted by atomic mass is 16.3. The van der Waals surface area contributed by atoms with Crippen LogP contribution in [0.15, 0.2) is 54.6 Å². The van der Waals surface area contributed by atoms with E-state index in [2.05, 4.69) is 10.3 Å². The van der Waals surface area contributed by atoms with Crippen molar-refractivity contribution in [3.05, 3.63) is 54.6 Å². The number of anilines is 1. The first-order chi connectivity index (χ1) is 10.2. The molecule has 0 saturated heterocycles. The third kappa shape index (κ3) is 3.01. The molecule has 3 aromatic rings. The van der Waals surface area contributed by atoms with Gasteiger partial charge in [-0.15, -0.1) is 0 Å². The molecule has 0 unspecified atom stereocenters. The van der Waals surface area contributed by atoms with Gasteiger partial charge in [-0.05, 0) is 19.1 Å². The molecule has 106 valence electrons. The van der Waals surface area contributed by atoms with Gasteiger partial charge in [-0.3, -0.25) is 0 Å². The smallest absolute Gasteiger partial charge is 0.153 e. The van der Waals surface area contributed by atoms with Gasteiger partial charge in [0, 0.05) is 12.1 Å². The fourth-order valence-electron chi connectivity index (χ4n) is 2.16. The Morgan fingerprint density at radius 2 is 1.57 bits per heavy atom. The number of aromatic nitrogens is 2. The van der Waals surface area contributed by atoms with Crippen molar-refractivity contribution in [3.8, 4) is 11.3 Å². The average Bonchev–Trinajstić information content (AvgIpc) is 2.53. The number of para-hydroxylation sites is 2. The summed E-state index contributed by atoms with van der Waals surface area (Å²) < 4.78 is 0. The zero-order valence-corrected chi connectivity index (χ0v) is 11.8. The molecule has 4 nitrogen and oxygen atoms in total. The minimum atomic E-state index is -0.443. The summed E-state index contributed by atoms with van der Waals surface area (Å²) in [6.07, 6.45) is -0.443. The molecule has 1 aromatic heterocycles. The maximum absolute atomic E-state index is 9.48. The average molecular weight is 279 g/mol. The number of benzene rings is 2. The van der Waals surface area contributed by atoms with Crippen molar-refractivity contribution in [3.63, 3.8) is 0 Å². The third-order valence-electron chi connectivity index (χ3n) is 3.18. The number of nitrogens with one attached hydrogen (secondary N) is 1. The van der Waals surface area contributed by atoms with Crippen LogP contribution in [0.1, 0.15) is 6.92 Å². The van der Waals surface area contributed by atoms with Gasteiger partial charge in [-0.1, -0.05) is 42.5 Å². The van der Waals surface area contributed by atoms with Gasteiger partial charge >= 0.3 is 0 Å². The Balaban J connectivity index is 2.12. The van der Waals surface area contributed by atoms with E-state index < -0.39 is 6.10 Å². The van der Waals surface area contributed by atoms with E-state index in [1.807, 2.05) is 54.6 Å². The van der Waals surface area contributed by atoms with Crippen LogP contribution in [-0.2, 0) is 0 Å². The van der Waals surface area contributed by atoms with E-state index in [0.29, 0.717) is 12.4 Å². The molecule has 3 rings (SSSR count). The Labute approximate surface area is 123 Å². The zero-order valence-electron chi connectivity index (χ0n) is 11.8. The standard InChI is InChI=1S/C17H17N3O/c1-12(21)11-18-17-16(13-7-3-2-4-8-13)19-14-9-5-6-10-15(14)20-17/h2-10,12,21H,11H2,1H3,(H,18,20)/t12-/m0/s1. The van der Waals surface area contributed by atoms with Gasteiger partial charge in [0.2, 0.25) is 0 Å². The van der Waals surface area contributed by atoms with Gasteiger partial charge in [0.15, 0.2) is 5.82 Å². The van der Waals surface area contributed by atoms with Crippen molar-refractivity contribution in [2.45, 2.75) is 13.0 Å². The minimum absolute atomic E-state index is 0.437. The highest BCUT2D eigenvalue weighted by Gasteiger charge is 2.11.